The van der Waals surface area contributed by atoms with Crippen molar-refractivity contribution in [1.82, 2.24) is 9.88 Å². The number of carbonyl (C=O) groups is 2. The fourth-order valence-electron chi connectivity index (χ4n) is 2.98. The first kappa shape index (κ1) is 17.6. The van der Waals surface area contributed by atoms with Crippen molar-refractivity contribution in [1.29, 1.82) is 0 Å². The van der Waals surface area contributed by atoms with E-state index in [2.05, 4.69) is 10.3 Å². The van der Waals surface area contributed by atoms with Gasteiger partial charge in [-0.2, -0.15) is 0 Å². The lowest BCUT2D eigenvalue weighted by Gasteiger charge is -2.31. The number of anilines is 1. The molecule has 3 rings (SSSR count). The van der Waals surface area contributed by atoms with Crippen LogP contribution in [0.3, 0.4) is 0 Å². The normalized spacial score (nSPS) is 17.4. The third-order valence-corrected chi connectivity index (χ3v) is 5.76. The molecule has 1 N–H and O–H groups in total. The first-order valence-electron chi connectivity index (χ1n) is 8.54. The Hall–Kier alpha value is -2.21. The van der Waals surface area contributed by atoms with Gasteiger partial charge in [0.1, 0.15) is 5.82 Å². The summed E-state index contributed by atoms with van der Waals surface area (Å²) in [6.45, 7) is 7.17. The van der Waals surface area contributed by atoms with Crippen molar-refractivity contribution in [2.45, 2.75) is 33.6 Å². The number of hydrogen-bond acceptors (Lipinski definition) is 4. The summed E-state index contributed by atoms with van der Waals surface area (Å²) in [7, 11) is 0. The number of rotatable bonds is 3. The third kappa shape index (κ3) is 4.07. The lowest BCUT2D eigenvalue weighted by atomic mass is 9.97. The summed E-state index contributed by atoms with van der Waals surface area (Å²) < 4.78 is 0. The topological polar surface area (TPSA) is 62.3 Å². The predicted molar refractivity (Wildman–Crippen MR) is 100 cm³/mol. The molecule has 0 spiro atoms. The largest absolute Gasteiger partial charge is 0.337 e. The van der Waals surface area contributed by atoms with Crippen LogP contribution in [0.2, 0.25) is 0 Å². The number of nitrogens with zero attached hydrogens (tertiary/aromatic N) is 2. The van der Waals surface area contributed by atoms with Gasteiger partial charge in [-0.15, -0.1) is 11.3 Å². The predicted octanol–water partition coefficient (Wildman–Crippen LogP) is 3.56. The van der Waals surface area contributed by atoms with Gasteiger partial charge in [-0.05, 0) is 56.9 Å². The van der Waals surface area contributed by atoms with E-state index in [1.54, 1.807) is 17.2 Å². The Morgan fingerprint density at radius 2 is 2.08 bits per heavy atom. The zero-order valence-electron chi connectivity index (χ0n) is 14.8. The molecule has 2 amide bonds. The average molecular weight is 357 g/mol. The summed E-state index contributed by atoms with van der Waals surface area (Å²) in [5, 5.41) is 2.87. The first-order valence-corrected chi connectivity index (χ1v) is 9.35. The first-order chi connectivity index (χ1) is 11.9. The summed E-state index contributed by atoms with van der Waals surface area (Å²) >= 11 is 1.53. The van der Waals surface area contributed by atoms with Crippen molar-refractivity contribution in [3.8, 4) is 0 Å². The van der Waals surface area contributed by atoms with E-state index in [9.17, 15) is 9.59 Å². The Bertz CT molecular complexity index is 763. The Labute approximate surface area is 152 Å². The molecule has 1 fully saturated rings. The monoisotopic (exact) mass is 357 g/mol. The lowest BCUT2D eigenvalue weighted by molar-refractivity contribution is -0.121. The molecule has 5 nitrogen and oxygen atoms in total. The van der Waals surface area contributed by atoms with Crippen molar-refractivity contribution in [3.05, 3.63) is 45.3 Å². The summed E-state index contributed by atoms with van der Waals surface area (Å²) in [5.41, 5.74) is 2.19. The molecule has 6 heteroatoms. The van der Waals surface area contributed by atoms with Crippen LogP contribution in [-0.2, 0) is 4.79 Å². The number of pyridine rings is 1. The van der Waals surface area contributed by atoms with Gasteiger partial charge in [0.05, 0.1) is 10.8 Å². The third-order valence-electron chi connectivity index (χ3n) is 4.62. The molecule has 0 unspecified atom stereocenters. The summed E-state index contributed by atoms with van der Waals surface area (Å²) in [6.07, 6.45) is 3.37. The second-order valence-corrected chi connectivity index (χ2v) is 7.91. The van der Waals surface area contributed by atoms with Crippen molar-refractivity contribution < 1.29 is 9.59 Å². The molecule has 132 valence electrons. The van der Waals surface area contributed by atoms with Crippen molar-refractivity contribution in [3.63, 3.8) is 0 Å². The number of piperidine rings is 1. The van der Waals surface area contributed by atoms with E-state index in [4.69, 9.17) is 0 Å². The molecule has 0 aliphatic carbocycles. The number of aromatic nitrogens is 1. The highest BCUT2D eigenvalue weighted by atomic mass is 32.1. The number of thiophene rings is 1. The van der Waals surface area contributed by atoms with Gasteiger partial charge in [-0.25, -0.2) is 4.98 Å². The SMILES string of the molecule is Cc1ccc(NC(=O)[C@H]2CCCN(C(=O)c3cc(C)c(C)s3)C2)nc1. The molecule has 1 saturated heterocycles. The second-order valence-electron chi connectivity index (χ2n) is 6.65. The Balaban J connectivity index is 1.64. The maximum absolute atomic E-state index is 12.7. The van der Waals surface area contributed by atoms with E-state index in [-0.39, 0.29) is 17.7 Å². The number of carbonyl (C=O) groups excluding carboxylic acids is 2. The molecule has 1 aliphatic heterocycles. The van der Waals surface area contributed by atoms with Gasteiger partial charge in [0.25, 0.3) is 5.91 Å². The zero-order chi connectivity index (χ0) is 18.0. The van der Waals surface area contributed by atoms with Crippen molar-refractivity contribution in [2.75, 3.05) is 18.4 Å². The maximum Gasteiger partial charge on any atom is 0.263 e. The number of nitrogens with one attached hydrogen (secondary N) is 1. The van der Waals surface area contributed by atoms with Gasteiger partial charge >= 0.3 is 0 Å². The van der Waals surface area contributed by atoms with Gasteiger partial charge in [-0.3, -0.25) is 9.59 Å². The van der Waals surface area contributed by atoms with Crippen molar-refractivity contribution >= 4 is 29.0 Å². The van der Waals surface area contributed by atoms with E-state index in [0.29, 0.717) is 18.9 Å². The molecule has 3 heterocycles. The fraction of sp³-hybridized carbons (Fsp3) is 0.421. The van der Waals surface area contributed by atoms with Crippen LogP contribution in [0.1, 0.15) is 38.5 Å². The molecule has 1 atom stereocenters. The summed E-state index contributed by atoms with van der Waals surface area (Å²) in [5.74, 6) is 0.339. The Morgan fingerprint density at radius 3 is 2.72 bits per heavy atom. The van der Waals surface area contributed by atoms with Crippen LogP contribution in [0.4, 0.5) is 5.82 Å². The fourth-order valence-corrected chi connectivity index (χ4v) is 3.98. The standard InChI is InChI=1S/C19H23N3O2S/c1-12-6-7-17(20-10-12)21-18(23)15-5-4-8-22(11-15)19(24)16-9-13(2)14(3)25-16/h6-7,9-10,15H,4-5,8,11H2,1-3H3,(H,20,21,23)/t15-/m0/s1. The Morgan fingerprint density at radius 1 is 1.28 bits per heavy atom. The molecule has 1 aliphatic rings. The van der Waals surface area contributed by atoms with E-state index in [1.165, 1.54) is 16.2 Å². The molecule has 0 saturated carbocycles. The second kappa shape index (κ2) is 7.35. The maximum atomic E-state index is 12.7. The van der Waals surface area contributed by atoms with Crippen LogP contribution in [0.5, 0.6) is 0 Å². The van der Waals surface area contributed by atoms with Crippen LogP contribution < -0.4 is 5.32 Å². The summed E-state index contributed by atoms with van der Waals surface area (Å²) in [6, 6.07) is 5.67. The number of likely N-dealkylation sites (tertiary alicyclic amines) is 1. The molecular weight excluding hydrogens is 334 g/mol. The minimum atomic E-state index is -0.192. The van der Waals surface area contributed by atoms with Crippen LogP contribution in [0.15, 0.2) is 24.4 Å². The van der Waals surface area contributed by atoms with E-state index in [0.717, 1.165) is 28.8 Å². The molecule has 25 heavy (non-hydrogen) atoms. The van der Waals surface area contributed by atoms with Crippen LogP contribution in [0.25, 0.3) is 0 Å². The highest BCUT2D eigenvalue weighted by Crippen LogP contribution is 2.25. The van der Waals surface area contributed by atoms with E-state index >= 15 is 0 Å². The Kier molecular flexibility index (Phi) is 5.18. The number of hydrogen-bond donors (Lipinski definition) is 1. The lowest BCUT2D eigenvalue weighted by Crippen LogP contribution is -2.43. The minimum Gasteiger partial charge on any atom is -0.337 e. The van der Waals surface area contributed by atoms with Gasteiger partial charge in [0.15, 0.2) is 0 Å². The highest BCUT2D eigenvalue weighted by molar-refractivity contribution is 7.14. The van der Waals surface area contributed by atoms with Gasteiger partial charge in [0.2, 0.25) is 5.91 Å². The van der Waals surface area contributed by atoms with Gasteiger partial charge < -0.3 is 10.2 Å². The minimum absolute atomic E-state index is 0.0344. The van der Waals surface area contributed by atoms with Crippen molar-refractivity contribution in [2.24, 2.45) is 5.92 Å². The van der Waals surface area contributed by atoms with Crippen LogP contribution in [0, 0.1) is 26.7 Å². The molecule has 0 radical (unpaired) electrons. The zero-order valence-corrected chi connectivity index (χ0v) is 15.7. The van der Waals surface area contributed by atoms with Crippen LogP contribution in [-0.4, -0.2) is 34.8 Å². The van der Waals surface area contributed by atoms with Gasteiger partial charge in [-0.1, -0.05) is 6.07 Å². The van der Waals surface area contributed by atoms with E-state index < -0.39 is 0 Å². The highest BCUT2D eigenvalue weighted by Gasteiger charge is 2.29. The number of aryl methyl sites for hydroxylation is 3. The smallest absolute Gasteiger partial charge is 0.263 e. The molecule has 2 aromatic rings. The molecule has 2 aromatic heterocycles. The molecular formula is C19H23N3O2S. The van der Waals surface area contributed by atoms with Crippen LogP contribution >= 0.6 is 11.3 Å². The molecule has 0 bridgehead atoms. The molecule has 0 aromatic carbocycles. The van der Waals surface area contributed by atoms with Gasteiger partial charge in [0, 0.05) is 24.2 Å². The summed E-state index contributed by atoms with van der Waals surface area (Å²) in [4.78, 5) is 33.2. The number of amides is 2. The van der Waals surface area contributed by atoms with E-state index in [1.807, 2.05) is 32.9 Å². The average Bonchev–Trinajstić information content (AvgIpc) is 2.95. The quantitative estimate of drug-likeness (QED) is 0.913.